The number of rotatable bonds is 62. The van der Waals surface area contributed by atoms with Gasteiger partial charge in [0.25, 0.3) is 0 Å². The molecule has 0 heterocycles. The van der Waals surface area contributed by atoms with E-state index >= 15 is 0 Å². The maximum atomic E-state index is 13.6. The first-order chi connectivity index (χ1) is 39.4. The number of esters is 1. The maximum absolute atomic E-state index is 13.6. The predicted molar refractivity (Wildman–Crippen MR) is 351 cm³/mol. The Bertz CT molecular complexity index is 1620. The van der Waals surface area contributed by atoms with Gasteiger partial charge in [-0.25, -0.2) is 4.57 Å². The number of carbonyl (C=O) groups excluding carboxylic acids is 2. The summed E-state index contributed by atoms with van der Waals surface area (Å²) in [4.78, 5) is 37.8. The molecule has 0 bridgehead atoms. The Morgan fingerprint density at radius 1 is 0.432 bits per heavy atom. The molecule has 3 unspecified atom stereocenters. The molecule has 0 aromatic carbocycles. The Hall–Kier alpha value is -2.55. The van der Waals surface area contributed by atoms with Crippen LogP contribution in [0.2, 0.25) is 0 Å². The number of phosphoric ester groups is 1. The monoisotopic (exact) mass is 1160 g/mol. The first-order valence-corrected chi connectivity index (χ1v) is 35.8. The van der Waals surface area contributed by atoms with Gasteiger partial charge in [0.05, 0.1) is 33.8 Å². The molecule has 0 spiro atoms. The van der Waals surface area contributed by atoms with Crippen molar-refractivity contribution in [3.8, 4) is 0 Å². The van der Waals surface area contributed by atoms with E-state index in [9.17, 15) is 19.0 Å². The molecule has 0 saturated heterocycles. The highest BCUT2D eigenvalue weighted by atomic mass is 31.2. The fraction of sp³-hybridized carbons (Fsp3) is 0.803. The number of nitrogens with zero attached hydrogens (tertiary/aromatic N) is 1. The third-order valence-electron chi connectivity index (χ3n) is 15.1. The molecule has 81 heavy (non-hydrogen) atoms. The highest BCUT2D eigenvalue weighted by molar-refractivity contribution is 7.47. The first-order valence-electron chi connectivity index (χ1n) is 34.3. The quantitative estimate of drug-likeness (QED) is 0.0205. The second kappa shape index (κ2) is 60.6. The summed E-state index contributed by atoms with van der Waals surface area (Å²) in [5.74, 6) is -0.534. The van der Waals surface area contributed by atoms with Gasteiger partial charge in [0.15, 0.2) is 0 Å². The number of unbranched alkanes of at least 4 members (excludes halogenated alkanes) is 36. The van der Waals surface area contributed by atoms with E-state index in [4.69, 9.17) is 13.8 Å². The van der Waals surface area contributed by atoms with Gasteiger partial charge in [-0.05, 0) is 102 Å². The molecule has 2 N–H and O–H groups in total. The predicted octanol–water partition coefficient (Wildman–Crippen LogP) is 21.6. The zero-order chi connectivity index (χ0) is 59.3. The lowest BCUT2D eigenvalue weighted by Crippen LogP contribution is -2.47. The molecule has 0 aliphatic heterocycles. The van der Waals surface area contributed by atoms with Crippen LogP contribution >= 0.6 is 7.82 Å². The summed E-state index contributed by atoms with van der Waals surface area (Å²) in [6.45, 7) is 6.97. The van der Waals surface area contributed by atoms with Crippen LogP contribution in [-0.2, 0) is 27.9 Å². The summed E-state index contributed by atoms with van der Waals surface area (Å²) < 4.78 is 30.7. The van der Waals surface area contributed by atoms with E-state index in [0.717, 1.165) is 77.0 Å². The van der Waals surface area contributed by atoms with Crippen molar-refractivity contribution in [1.82, 2.24) is 5.32 Å². The van der Waals surface area contributed by atoms with Crippen molar-refractivity contribution in [2.75, 3.05) is 40.9 Å². The molecule has 472 valence electrons. The molecule has 0 aromatic heterocycles. The van der Waals surface area contributed by atoms with Gasteiger partial charge in [0.2, 0.25) is 5.91 Å². The Balaban J connectivity index is 5.09. The molecular formula is C71H132N2O7P+. The molecule has 0 aromatic rings. The van der Waals surface area contributed by atoms with Gasteiger partial charge in [0.1, 0.15) is 19.3 Å². The van der Waals surface area contributed by atoms with Crippen molar-refractivity contribution in [3.05, 3.63) is 72.9 Å². The van der Waals surface area contributed by atoms with Crippen molar-refractivity contribution in [1.29, 1.82) is 0 Å². The second-order valence-electron chi connectivity index (χ2n) is 24.3. The Morgan fingerprint density at radius 2 is 0.753 bits per heavy atom. The molecule has 0 aliphatic rings. The number of likely N-dealkylation sites (N-methyl/N-ethyl adjacent to an activating group) is 1. The molecule has 0 rings (SSSR count). The van der Waals surface area contributed by atoms with Crippen molar-refractivity contribution < 1.29 is 37.3 Å². The van der Waals surface area contributed by atoms with Gasteiger partial charge >= 0.3 is 13.8 Å². The van der Waals surface area contributed by atoms with Gasteiger partial charge in [-0.15, -0.1) is 0 Å². The highest BCUT2D eigenvalue weighted by Crippen LogP contribution is 2.43. The number of nitrogens with one attached hydrogen (secondary N) is 1. The number of hydrogen-bond donors (Lipinski definition) is 2. The van der Waals surface area contributed by atoms with Gasteiger partial charge in [-0.3, -0.25) is 18.6 Å². The summed E-state index contributed by atoms with van der Waals surface area (Å²) in [6.07, 6.45) is 79.2. The van der Waals surface area contributed by atoms with Gasteiger partial charge in [-0.2, -0.15) is 0 Å². The van der Waals surface area contributed by atoms with Crippen LogP contribution in [0.1, 0.15) is 316 Å². The number of allylic oxidation sites excluding steroid dienone is 11. The minimum atomic E-state index is -4.46. The Labute approximate surface area is 502 Å². The van der Waals surface area contributed by atoms with Crippen LogP contribution in [0, 0.1) is 0 Å². The topological polar surface area (TPSA) is 111 Å². The summed E-state index contributed by atoms with van der Waals surface area (Å²) >= 11 is 0. The maximum Gasteiger partial charge on any atom is 0.472 e. The number of quaternary nitrogens is 1. The minimum absolute atomic E-state index is 0.0324. The standard InChI is InChI=1S/C71H131N2O7P/c1-7-10-13-16-19-22-25-27-29-31-33-34-35-36-37-38-40-42-44-46-49-52-55-58-61-64-71(75)80-69(62-59-56-53-50-47-24-21-18-15-12-9-3)68(67-79-81(76,77)78-66-65-73(4,5)6)72-70(74)63-60-57-54-51-48-45-43-41-39-32-30-28-26-23-20-17-14-11-8-2/h20,23,27-30,39,41,45,48,59,62,68-69H,7-19,21-22,24-26,31-38,40,42-44,46-47,49-58,60-61,63-67H2,1-6H3,(H-,72,74,76,77)/p+1/b23-20-,29-27+,30-28-,41-39-,48-45-,62-59-. The van der Waals surface area contributed by atoms with E-state index in [1.807, 2.05) is 33.3 Å². The van der Waals surface area contributed by atoms with Crippen LogP contribution in [0.15, 0.2) is 72.9 Å². The van der Waals surface area contributed by atoms with Crippen LogP contribution in [0.4, 0.5) is 0 Å². The Morgan fingerprint density at radius 3 is 1.17 bits per heavy atom. The molecule has 10 heteroatoms. The van der Waals surface area contributed by atoms with Crippen molar-refractivity contribution >= 4 is 19.7 Å². The van der Waals surface area contributed by atoms with E-state index in [0.29, 0.717) is 23.9 Å². The van der Waals surface area contributed by atoms with Crippen molar-refractivity contribution in [2.24, 2.45) is 0 Å². The zero-order valence-corrected chi connectivity index (χ0v) is 54.9. The summed E-state index contributed by atoms with van der Waals surface area (Å²) in [5.41, 5.74) is 0. The summed E-state index contributed by atoms with van der Waals surface area (Å²) in [6, 6.07) is -0.867. The highest BCUT2D eigenvalue weighted by Gasteiger charge is 2.30. The summed E-state index contributed by atoms with van der Waals surface area (Å²) in [7, 11) is 1.48. The van der Waals surface area contributed by atoms with Crippen molar-refractivity contribution in [3.63, 3.8) is 0 Å². The number of amides is 1. The molecule has 3 atom stereocenters. The van der Waals surface area contributed by atoms with Gasteiger partial charge in [0, 0.05) is 12.8 Å². The lowest BCUT2D eigenvalue weighted by Gasteiger charge is -2.27. The van der Waals surface area contributed by atoms with E-state index in [-0.39, 0.29) is 31.5 Å². The average molecular weight is 1160 g/mol. The third kappa shape index (κ3) is 61.8. The number of carbonyl (C=O) groups is 2. The van der Waals surface area contributed by atoms with E-state index in [1.165, 1.54) is 199 Å². The van der Waals surface area contributed by atoms with E-state index < -0.39 is 20.0 Å². The molecule has 0 aliphatic carbocycles. The second-order valence-corrected chi connectivity index (χ2v) is 25.8. The van der Waals surface area contributed by atoms with Crippen molar-refractivity contribution in [2.45, 2.75) is 328 Å². The number of hydrogen-bond acceptors (Lipinski definition) is 6. The minimum Gasteiger partial charge on any atom is -0.456 e. The van der Waals surface area contributed by atoms with E-state index in [2.05, 4.69) is 86.8 Å². The van der Waals surface area contributed by atoms with Crippen LogP contribution < -0.4 is 5.32 Å². The lowest BCUT2D eigenvalue weighted by atomic mass is 10.0. The fourth-order valence-electron chi connectivity index (χ4n) is 9.80. The van der Waals surface area contributed by atoms with Crippen LogP contribution in [0.5, 0.6) is 0 Å². The largest absolute Gasteiger partial charge is 0.472 e. The van der Waals surface area contributed by atoms with Crippen LogP contribution in [-0.4, -0.2) is 74.3 Å². The lowest BCUT2D eigenvalue weighted by molar-refractivity contribution is -0.870. The molecule has 9 nitrogen and oxygen atoms in total. The van der Waals surface area contributed by atoms with Gasteiger partial charge < -0.3 is 19.4 Å². The van der Waals surface area contributed by atoms with E-state index in [1.54, 1.807) is 0 Å². The normalized spacial score (nSPS) is 14.0. The third-order valence-corrected chi connectivity index (χ3v) is 16.1. The van der Waals surface area contributed by atoms with Crippen LogP contribution in [0.3, 0.4) is 0 Å². The zero-order valence-electron chi connectivity index (χ0n) is 54.0. The smallest absolute Gasteiger partial charge is 0.456 e. The van der Waals surface area contributed by atoms with Crippen LogP contribution in [0.25, 0.3) is 0 Å². The molecular weight excluding hydrogens is 1020 g/mol. The number of ether oxygens (including phenoxy) is 1. The Kier molecular flexibility index (Phi) is 58.7. The molecule has 0 radical (unpaired) electrons. The average Bonchev–Trinajstić information content (AvgIpc) is 3.43. The summed E-state index contributed by atoms with van der Waals surface area (Å²) in [5, 5.41) is 3.05. The van der Waals surface area contributed by atoms with Gasteiger partial charge in [-0.1, -0.05) is 274 Å². The SMILES string of the molecule is CCCCC/C=C\C/C=C\C/C=C\C/C=C\CCCCCC(=O)NC(COP(=O)(O)OCC[N+](C)(C)C)C(/C=C\CCCCCCCCCCC)OC(=O)CCCCCCCCCCCCCCCCC/C=C/CCCCCCCC. The molecule has 0 fully saturated rings. The first kappa shape index (κ1) is 78.5. The number of phosphoric acid groups is 1. The molecule has 0 saturated carbocycles. The fourth-order valence-corrected chi connectivity index (χ4v) is 10.5. The molecule has 1 amide bonds.